The maximum absolute atomic E-state index is 13.4. The van der Waals surface area contributed by atoms with Gasteiger partial charge in [0.2, 0.25) is 10.0 Å². The van der Waals surface area contributed by atoms with Crippen LogP contribution in [0.3, 0.4) is 0 Å². The highest BCUT2D eigenvalue weighted by Crippen LogP contribution is 2.19. The minimum absolute atomic E-state index is 0.0104. The van der Waals surface area contributed by atoms with Crippen LogP contribution in [0.15, 0.2) is 35.4 Å². The molecule has 10 heteroatoms. The van der Waals surface area contributed by atoms with E-state index < -0.39 is 34.0 Å². The highest BCUT2D eigenvalue weighted by Gasteiger charge is 2.28. The summed E-state index contributed by atoms with van der Waals surface area (Å²) in [5, 5.41) is 11.3. The zero-order valence-electron chi connectivity index (χ0n) is 14.9. The fraction of sp³-hybridized carbons (Fsp3) is 0.294. The number of nitrogens with zero attached hydrogens (tertiary/aromatic N) is 2. The second-order valence-corrected chi connectivity index (χ2v) is 8.24. The van der Waals surface area contributed by atoms with Gasteiger partial charge in [-0.05, 0) is 38.1 Å². The Morgan fingerprint density at radius 2 is 2.00 bits per heavy atom. The topological polar surface area (TPSA) is 104 Å². The summed E-state index contributed by atoms with van der Waals surface area (Å²) in [5.41, 5.74) is -1.34. The molecular weight excluding hydrogens is 378 g/mol. The first-order valence-corrected chi connectivity index (χ1v) is 9.25. The van der Waals surface area contributed by atoms with Gasteiger partial charge >= 0.3 is 0 Å². The van der Waals surface area contributed by atoms with Gasteiger partial charge in [0.25, 0.3) is 5.91 Å². The summed E-state index contributed by atoms with van der Waals surface area (Å²) in [6.45, 7) is 1.88. The summed E-state index contributed by atoms with van der Waals surface area (Å²) in [6.07, 6.45) is 1.22. The van der Waals surface area contributed by atoms with E-state index in [0.29, 0.717) is 0 Å². The number of sulfonamides is 1. The van der Waals surface area contributed by atoms with E-state index in [2.05, 4.69) is 10.0 Å². The van der Waals surface area contributed by atoms with E-state index in [4.69, 9.17) is 5.26 Å². The van der Waals surface area contributed by atoms with Crippen LogP contribution in [0.25, 0.3) is 0 Å². The van der Waals surface area contributed by atoms with Crippen LogP contribution in [-0.2, 0) is 17.1 Å². The van der Waals surface area contributed by atoms with Gasteiger partial charge in [0, 0.05) is 18.9 Å². The lowest BCUT2D eigenvalue weighted by atomic mass is 10.1. The number of hydrogen-bond acceptors (Lipinski definition) is 4. The van der Waals surface area contributed by atoms with Gasteiger partial charge in [-0.25, -0.2) is 21.9 Å². The summed E-state index contributed by atoms with van der Waals surface area (Å²) >= 11 is 0. The molecule has 7 nitrogen and oxygen atoms in total. The van der Waals surface area contributed by atoms with Gasteiger partial charge in [-0.3, -0.25) is 4.79 Å². The normalized spacial score (nSPS) is 11.9. The minimum Gasteiger partial charge on any atom is -0.345 e. The Balaban J connectivity index is 2.28. The minimum atomic E-state index is -4.04. The van der Waals surface area contributed by atoms with Crippen LogP contribution in [0.1, 0.15) is 29.9 Å². The lowest BCUT2D eigenvalue weighted by molar-refractivity contribution is 0.101. The Morgan fingerprint density at radius 1 is 1.33 bits per heavy atom. The molecule has 0 unspecified atom stereocenters. The van der Waals surface area contributed by atoms with Crippen molar-refractivity contribution in [3.63, 3.8) is 0 Å². The molecular formula is C17H18F2N4O3S. The van der Waals surface area contributed by atoms with Crippen molar-refractivity contribution in [1.29, 1.82) is 5.26 Å². The highest BCUT2D eigenvalue weighted by molar-refractivity contribution is 7.89. The number of nitrogens with one attached hydrogen (secondary N) is 2. The predicted octanol–water partition coefficient (Wildman–Crippen LogP) is 2.31. The van der Waals surface area contributed by atoms with Crippen LogP contribution >= 0.6 is 0 Å². The summed E-state index contributed by atoms with van der Waals surface area (Å²) in [7, 11) is -2.57. The summed E-state index contributed by atoms with van der Waals surface area (Å²) < 4.78 is 54.5. The van der Waals surface area contributed by atoms with Crippen molar-refractivity contribution in [3.05, 3.63) is 47.5 Å². The lowest BCUT2D eigenvalue weighted by Gasteiger charge is -2.21. The van der Waals surface area contributed by atoms with Gasteiger partial charge in [-0.2, -0.15) is 5.26 Å². The van der Waals surface area contributed by atoms with Crippen LogP contribution in [0.5, 0.6) is 0 Å². The van der Waals surface area contributed by atoms with Crippen LogP contribution in [-0.4, -0.2) is 31.1 Å². The standard InChI is InChI=1S/C17H18F2N4O3S/c1-17(2,10-18)22-27(25,26)13-7-15(23(3)9-13)16(24)21-12-4-5-14(19)11(6-12)8-20/h4-7,9,22H,10H2,1-3H3,(H,21,24). The molecule has 0 aliphatic rings. The van der Waals surface area contributed by atoms with Crippen molar-refractivity contribution in [2.45, 2.75) is 24.3 Å². The first-order chi connectivity index (χ1) is 12.5. The zero-order chi connectivity index (χ0) is 20.4. The molecule has 0 fully saturated rings. The molecule has 144 valence electrons. The number of amides is 1. The van der Waals surface area contributed by atoms with Gasteiger partial charge in [0.1, 0.15) is 29.2 Å². The Labute approximate surface area is 155 Å². The molecule has 2 rings (SSSR count). The van der Waals surface area contributed by atoms with Gasteiger partial charge in [0.05, 0.1) is 11.1 Å². The van der Waals surface area contributed by atoms with Crippen LogP contribution in [0, 0.1) is 17.1 Å². The largest absolute Gasteiger partial charge is 0.345 e. The summed E-state index contributed by atoms with van der Waals surface area (Å²) in [6, 6.07) is 6.28. The average Bonchev–Trinajstić information content (AvgIpc) is 2.98. The number of anilines is 1. The number of benzene rings is 1. The van der Waals surface area contributed by atoms with Crippen molar-refractivity contribution >= 4 is 21.6 Å². The smallest absolute Gasteiger partial charge is 0.272 e. The summed E-state index contributed by atoms with van der Waals surface area (Å²) in [4.78, 5) is 12.2. The number of nitriles is 1. The molecule has 0 aliphatic heterocycles. The van der Waals surface area contributed by atoms with Crippen molar-refractivity contribution in [1.82, 2.24) is 9.29 Å². The molecule has 2 aromatic rings. The Morgan fingerprint density at radius 3 is 2.59 bits per heavy atom. The molecule has 0 radical (unpaired) electrons. The lowest BCUT2D eigenvalue weighted by Crippen LogP contribution is -2.44. The quantitative estimate of drug-likeness (QED) is 0.782. The van der Waals surface area contributed by atoms with E-state index in [1.54, 1.807) is 6.07 Å². The number of carbonyl (C=O) groups excluding carboxylic acids is 1. The number of aryl methyl sites for hydroxylation is 1. The molecule has 0 saturated carbocycles. The molecule has 0 aliphatic carbocycles. The maximum atomic E-state index is 13.4. The van der Waals surface area contributed by atoms with Gasteiger partial charge < -0.3 is 9.88 Å². The molecule has 0 atom stereocenters. The second kappa shape index (κ2) is 7.46. The molecule has 1 aromatic heterocycles. The Bertz CT molecular complexity index is 1020. The number of halogens is 2. The SMILES string of the molecule is Cn1cc(S(=O)(=O)NC(C)(C)CF)cc1C(=O)Nc1ccc(F)c(C#N)c1. The monoisotopic (exact) mass is 396 g/mol. The van der Waals surface area contributed by atoms with Gasteiger partial charge in [-0.15, -0.1) is 0 Å². The number of carbonyl (C=O) groups is 1. The fourth-order valence-electron chi connectivity index (χ4n) is 2.24. The van der Waals surface area contributed by atoms with E-state index in [0.717, 1.165) is 12.1 Å². The number of hydrogen-bond donors (Lipinski definition) is 2. The second-order valence-electron chi connectivity index (χ2n) is 6.56. The van der Waals surface area contributed by atoms with E-state index in [9.17, 15) is 22.0 Å². The van der Waals surface area contributed by atoms with Crippen molar-refractivity contribution in [2.24, 2.45) is 7.05 Å². The van der Waals surface area contributed by atoms with E-state index in [-0.39, 0.29) is 21.8 Å². The summed E-state index contributed by atoms with van der Waals surface area (Å²) in [5.74, 6) is -1.37. The molecule has 27 heavy (non-hydrogen) atoms. The first-order valence-electron chi connectivity index (χ1n) is 7.76. The van der Waals surface area contributed by atoms with E-state index >= 15 is 0 Å². The van der Waals surface area contributed by atoms with E-state index in [1.165, 1.54) is 43.8 Å². The van der Waals surface area contributed by atoms with Crippen molar-refractivity contribution in [2.75, 3.05) is 12.0 Å². The molecule has 1 amide bonds. The average molecular weight is 396 g/mol. The van der Waals surface area contributed by atoms with Crippen LogP contribution in [0.2, 0.25) is 0 Å². The van der Waals surface area contributed by atoms with Crippen LogP contribution < -0.4 is 10.0 Å². The van der Waals surface area contributed by atoms with Crippen LogP contribution in [0.4, 0.5) is 14.5 Å². The molecule has 1 aromatic carbocycles. The Hall–Kier alpha value is -2.77. The molecule has 2 N–H and O–H groups in total. The van der Waals surface area contributed by atoms with Gasteiger partial charge in [-0.1, -0.05) is 0 Å². The number of aromatic nitrogens is 1. The molecule has 0 bridgehead atoms. The third kappa shape index (κ3) is 4.69. The number of rotatable bonds is 6. The van der Waals surface area contributed by atoms with Gasteiger partial charge in [0.15, 0.2) is 0 Å². The van der Waals surface area contributed by atoms with Crippen molar-refractivity contribution in [3.8, 4) is 6.07 Å². The van der Waals surface area contributed by atoms with Crippen molar-refractivity contribution < 1.29 is 22.0 Å². The Kier molecular flexibility index (Phi) is 5.67. The molecule has 0 saturated heterocycles. The number of alkyl halides is 1. The zero-order valence-corrected chi connectivity index (χ0v) is 15.7. The molecule has 0 spiro atoms. The first kappa shape index (κ1) is 20.5. The molecule has 1 heterocycles. The predicted molar refractivity (Wildman–Crippen MR) is 94.9 cm³/mol. The highest BCUT2D eigenvalue weighted by atomic mass is 32.2. The van der Waals surface area contributed by atoms with E-state index in [1.807, 2.05) is 0 Å². The third-order valence-electron chi connectivity index (χ3n) is 3.61. The third-order valence-corrected chi connectivity index (χ3v) is 5.28. The maximum Gasteiger partial charge on any atom is 0.272 e. The fourth-order valence-corrected chi connectivity index (χ4v) is 3.70.